The van der Waals surface area contributed by atoms with Crippen LogP contribution in [0.2, 0.25) is 5.02 Å². The summed E-state index contributed by atoms with van der Waals surface area (Å²) >= 11 is 5.73. The number of rotatable bonds is 2. The van der Waals surface area contributed by atoms with E-state index >= 15 is 0 Å². The molecule has 0 fully saturated rings. The molecule has 0 bridgehead atoms. The molecule has 0 aliphatic carbocycles. The maximum atomic E-state index is 12.6. The van der Waals surface area contributed by atoms with Crippen LogP contribution in [0.4, 0.5) is 4.39 Å². The Morgan fingerprint density at radius 2 is 1.27 bits per heavy atom. The summed E-state index contributed by atoms with van der Waals surface area (Å²) in [5, 5.41) is 0.654. The van der Waals surface area contributed by atoms with Crippen molar-refractivity contribution in [2.24, 2.45) is 0 Å². The molecule has 0 atom stereocenters. The van der Waals surface area contributed by atoms with Crippen molar-refractivity contribution in [3.63, 3.8) is 0 Å². The van der Waals surface area contributed by atoms with Crippen LogP contribution in [0.15, 0.2) is 48.5 Å². The van der Waals surface area contributed by atoms with Crippen molar-refractivity contribution >= 4 is 11.6 Å². The SMILES string of the molecule is Fc1ccc(Oc2ccc(Cl)cc2)cc1. The molecule has 0 heterocycles. The second-order valence-corrected chi connectivity index (χ2v) is 3.45. The van der Waals surface area contributed by atoms with Crippen molar-refractivity contribution in [1.29, 1.82) is 0 Å². The fourth-order valence-corrected chi connectivity index (χ4v) is 1.27. The Morgan fingerprint density at radius 3 is 1.80 bits per heavy atom. The van der Waals surface area contributed by atoms with Gasteiger partial charge in [0.1, 0.15) is 17.3 Å². The third kappa shape index (κ3) is 2.70. The summed E-state index contributed by atoms with van der Waals surface area (Å²) in [4.78, 5) is 0. The number of hydrogen-bond acceptors (Lipinski definition) is 1. The summed E-state index contributed by atoms with van der Waals surface area (Å²) < 4.78 is 18.1. The molecule has 0 unspecified atom stereocenters. The normalized spacial score (nSPS) is 10.0. The van der Waals surface area contributed by atoms with Gasteiger partial charge >= 0.3 is 0 Å². The van der Waals surface area contributed by atoms with Gasteiger partial charge in [-0.05, 0) is 48.5 Å². The predicted octanol–water partition coefficient (Wildman–Crippen LogP) is 4.27. The van der Waals surface area contributed by atoms with E-state index < -0.39 is 0 Å². The first kappa shape index (κ1) is 9.99. The maximum absolute atomic E-state index is 12.6. The zero-order valence-corrected chi connectivity index (χ0v) is 8.54. The topological polar surface area (TPSA) is 9.23 Å². The average molecular weight is 223 g/mol. The fraction of sp³-hybridized carbons (Fsp3) is 0. The third-order valence-corrected chi connectivity index (χ3v) is 2.11. The minimum absolute atomic E-state index is 0.279. The van der Waals surface area contributed by atoms with Crippen LogP contribution in [0.25, 0.3) is 0 Å². The molecule has 0 amide bonds. The Kier molecular flexibility index (Phi) is 2.88. The van der Waals surface area contributed by atoms with Gasteiger partial charge in [-0.3, -0.25) is 0 Å². The first-order chi connectivity index (χ1) is 7.24. The molecule has 2 aromatic carbocycles. The molecule has 0 saturated carbocycles. The maximum Gasteiger partial charge on any atom is 0.127 e. The Balaban J connectivity index is 2.15. The van der Waals surface area contributed by atoms with Gasteiger partial charge in [0.15, 0.2) is 0 Å². The lowest BCUT2D eigenvalue weighted by atomic mass is 10.3. The summed E-state index contributed by atoms with van der Waals surface area (Å²) in [5.74, 6) is 0.989. The minimum atomic E-state index is -0.279. The van der Waals surface area contributed by atoms with Gasteiger partial charge in [0.2, 0.25) is 0 Å². The molecular formula is C12H8ClFO. The number of hydrogen-bond donors (Lipinski definition) is 0. The van der Waals surface area contributed by atoms with E-state index in [0.717, 1.165) is 0 Å². The summed E-state index contributed by atoms with van der Waals surface area (Å²) in [7, 11) is 0. The van der Waals surface area contributed by atoms with Crippen LogP contribution in [-0.4, -0.2) is 0 Å². The highest BCUT2D eigenvalue weighted by molar-refractivity contribution is 6.30. The molecule has 0 aliphatic heterocycles. The first-order valence-corrected chi connectivity index (χ1v) is 4.81. The van der Waals surface area contributed by atoms with E-state index in [9.17, 15) is 4.39 Å². The monoisotopic (exact) mass is 222 g/mol. The summed E-state index contributed by atoms with van der Waals surface area (Å²) in [5.41, 5.74) is 0. The van der Waals surface area contributed by atoms with Gasteiger partial charge in [-0.15, -0.1) is 0 Å². The third-order valence-electron chi connectivity index (χ3n) is 1.86. The van der Waals surface area contributed by atoms with E-state index in [4.69, 9.17) is 16.3 Å². The van der Waals surface area contributed by atoms with E-state index in [1.165, 1.54) is 12.1 Å². The average Bonchev–Trinajstić information content (AvgIpc) is 2.25. The molecule has 0 saturated heterocycles. The van der Waals surface area contributed by atoms with E-state index in [1.54, 1.807) is 36.4 Å². The first-order valence-electron chi connectivity index (χ1n) is 4.43. The number of ether oxygens (including phenoxy) is 1. The Labute approximate surface area is 92.1 Å². The van der Waals surface area contributed by atoms with Crippen molar-refractivity contribution in [3.05, 3.63) is 59.4 Å². The zero-order valence-electron chi connectivity index (χ0n) is 7.78. The van der Waals surface area contributed by atoms with Crippen LogP contribution in [-0.2, 0) is 0 Å². The van der Waals surface area contributed by atoms with Crippen molar-refractivity contribution in [2.75, 3.05) is 0 Å². The molecule has 0 N–H and O–H groups in total. The highest BCUT2D eigenvalue weighted by atomic mass is 35.5. The van der Waals surface area contributed by atoms with Gasteiger partial charge in [-0.1, -0.05) is 11.6 Å². The molecule has 15 heavy (non-hydrogen) atoms. The molecule has 1 nitrogen and oxygen atoms in total. The Bertz CT molecular complexity index is 393. The standard InChI is InChI=1S/C12H8ClFO/c13-9-1-5-11(6-2-9)15-12-7-3-10(14)4-8-12/h1-8H. The summed E-state index contributed by atoms with van der Waals surface area (Å²) in [6.45, 7) is 0. The molecule has 2 aromatic rings. The Morgan fingerprint density at radius 1 is 0.800 bits per heavy atom. The molecule has 3 heteroatoms. The molecule has 76 valence electrons. The molecule has 0 spiro atoms. The highest BCUT2D eigenvalue weighted by Crippen LogP contribution is 2.22. The minimum Gasteiger partial charge on any atom is -0.457 e. The van der Waals surface area contributed by atoms with Crippen molar-refractivity contribution < 1.29 is 9.13 Å². The molecule has 0 aromatic heterocycles. The van der Waals surface area contributed by atoms with Crippen LogP contribution in [0, 0.1) is 5.82 Å². The predicted molar refractivity (Wildman–Crippen MR) is 57.9 cm³/mol. The molecule has 0 aliphatic rings. The summed E-state index contributed by atoms with van der Waals surface area (Å²) in [6, 6.07) is 12.8. The smallest absolute Gasteiger partial charge is 0.127 e. The van der Waals surface area contributed by atoms with Crippen LogP contribution in [0.1, 0.15) is 0 Å². The second-order valence-electron chi connectivity index (χ2n) is 3.01. The lowest BCUT2D eigenvalue weighted by Crippen LogP contribution is -1.83. The van der Waals surface area contributed by atoms with Gasteiger partial charge in [-0.2, -0.15) is 0 Å². The fourth-order valence-electron chi connectivity index (χ4n) is 1.14. The van der Waals surface area contributed by atoms with Gasteiger partial charge in [-0.25, -0.2) is 4.39 Å². The van der Waals surface area contributed by atoms with Gasteiger partial charge in [0, 0.05) is 5.02 Å². The van der Waals surface area contributed by atoms with Crippen molar-refractivity contribution in [3.8, 4) is 11.5 Å². The van der Waals surface area contributed by atoms with Crippen LogP contribution < -0.4 is 4.74 Å². The molecule has 0 radical (unpaired) electrons. The lowest BCUT2D eigenvalue weighted by molar-refractivity contribution is 0.480. The van der Waals surface area contributed by atoms with E-state index in [0.29, 0.717) is 16.5 Å². The largest absolute Gasteiger partial charge is 0.457 e. The van der Waals surface area contributed by atoms with Gasteiger partial charge < -0.3 is 4.74 Å². The second kappa shape index (κ2) is 4.32. The number of benzene rings is 2. The quantitative estimate of drug-likeness (QED) is 0.737. The van der Waals surface area contributed by atoms with E-state index in [1.807, 2.05) is 0 Å². The van der Waals surface area contributed by atoms with Crippen LogP contribution in [0.3, 0.4) is 0 Å². The number of halogens is 2. The Hall–Kier alpha value is -1.54. The van der Waals surface area contributed by atoms with E-state index in [-0.39, 0.29) is 5.82 Å². The summed E-state index contributed by atoms with van der Waals surface area (Å²) in [6.07, 6.45) is 0. The highest BCUT2D eigenvalue weighted by Gasteiger charge is 1.97. The van der Waals surface area contributed by atoms with E-state index in [2.05, 4.69) is 0 Å². The van der Waals surface area contributed by atoms with Gasteiger partial charge in [0.05, 0.1) is 0 Å². The van der Waals surface area contributed by atoms with Gasteiger partial charge in [0.25, 0.3) is 0 Å². The molecule has 2 rings (SSSR count). The zero-order chi connectivity index (χ0) is 10.7. The lowest BCUT2D eigenvalue weighted by Gasteiger charge is -2.04. The molecular weight excluding hydrogens is 215 g/mol. The van der Waals surface area contributed by atoms with Crippen molar-refractivity contribution in [2.45, 2.75) is 0 Å². The van der Waals surface area contributed by atoms with Crippen LogP contribution in [0.5, 0.6) is 11.5 Å². The van der Waals surface area contributed by atoms with Crippen LogP contribution >= 0.6 is 11.6 Å². The van der Waals surface area contributed by atoms with Crippen molar-refractivity contribution in [1.82, 2.24) is 0 Å².